The van der Waals surface area contributed by atoms with Gasteiger partial charge >= 0.3 is 34.6 Å². The molecule has 0 aliphatic rings. The van der Waals surface area contributed by atoms with Gasteiger partial charge in [0.25, 0.3) is 0 Å². The number of hydrogen-bond donors (Lipinski definition) is 0. The van der Waals surface area contributed by atoms with E-state index in [0.717, 1.165) is 0 Å². The Bertz CT molecular complexity index is 46.0. The Balaban J connectivity index is 3.11. The molecule has 0 aromatic carbocycles. The number of hydrogen-bond acceptors (Lipinski definition) is 1. The third kappa shape index (κ3) is 2.49. The number of carbonyl (C=O) groups excluding carboxylic acids is 1. The Morgan fingerprint density at radius 3 is 2.25 bits per heavy atom. The third-order valence-electron chi connectivity index (χ3n) is 0.0292. The molecule has 0 amide bonds. The molecule has 0 radical (unpaired) electrons. The fraction of sp³-hybridized carbons (Fsp3) is 0. The van der Waals surface area contributed by atoms with Gasteiger partial charge < -0.3 is 0 Å². The topological polar surface area (TPSA) is 17.1 Å². The quantitative estimate of drug-likeness (QED) is 0.463. The molecule has 0 aliphatic heterocycles. The minimum atomic E-state index is -0.723. The Hall–Kier alpha value is 0.493. The summed E-state index contributed by atoms with van der Waals surface area (Å²) in [5.41, 5.74) is 0. The minimum absolute atomic E-state index is 0.723. The summed E-state index contributed by atoms with van der Waals surface area (Å²) in [6.45, 7) is 0. The molecule has 1 nitrogen and oxygen atoms in total. The molecule has 0 atom stereocenters. The molecule has 26 valence electrons. The predicted octanol–water partition coefficient (Wildman–Crippen LogP) is 0.0222. The molecule has 0 saturated heterocycles. The van der Waals surface area contributed by atoms with Crippen LogP contribution < -0.4 is 0 Å². The molecular weight excluding hydrogens is 165 g/mol. The monoisotopic (exact) mass is 166 g/mol. The average Bonchev–Trinajstić information content (AvgIpc) is 1.37. The van der Waals surface area contributed by atoms with E-state index in [1.165, 1.54) is 0 Å². The first-order valence-corrected chi connectivity index (χ1v) is 3.86. The van der Waals surface area contributed by atoms with Crippen LogP contribution in [0.2, 0.25) is 0 Å². The Morgan fingerprint density at radius 1 is 2.00 bits per heavy atom. The van der Waals surface area contributed by atoms with Crippen LogP contribution in [0, 0.1) is 0 Å². The Morgan fingerprint density at radius 2 is 2.25 bits per heavy atom. The van der Waals surface area contributed by atoms with Crippen molar-refractivity contribution in [1.82, 2.24) is 0 Å². The maximum absolute atomic E-state index is 8.97. The van der Waals surface area contributed by atoms with Crippen molar-refractivity contribution >= 4 is 14.2 Å². The summed E-state index contributed by atoms with van der Waals surface area (Å²) in [4.78, 5) is 8.97. The molecule has 0 heterocycles. The van der Waals surface area contributed by atoms with Crippen molar-refractivity contribution < 1.29 is 20.5 Å². The number of rotatable bonds is 0. The predicted molar refractivity (Wildman–Crippen MR) is 12.9 cm³/mol. The molecule has 0 saturated carbocycles. The van der Waals surface area contributed by atoms with E-state index in [2.05, 4.69) is 0 Å². The molecule has 3 heteroatoms. The summed E-state index contributed by atoms with van der Waals surface area (Å²) in [5, 5.41) is 0. The molecule has 0 rings (SSSR count). The van der Waals surface area contributed by atoms with Gasteiger partial charge in [0, 0.05) is 0 Å². The molecule has 0 fully saturated rings. The zero-order chi connectivity index (χ0) is 3.41. The fourth-order valence-electron chi connectivity index (χ4n) is 0. The molecule has 0 unspecified atom stereocenters. The average molecular weight is 166 g/mol. The van der Waals surface area contributed by atoms with Gasteiger partial charge in [0.15, 0.2) is 0 Å². The van der Waals surface area contributed by atoms with E-state index in [9.17, 15) is 0 Å². The first-order chi connectivity index (χ1) is 1.91. The molecule has 0 spiro atoms. The van der Waals surface area contributed by atoms with E-state index in [0.29, 0.717) is 0 Å². The van der Waals surface area contributed by atoms with Crippen molar-refractivity contribution in [3.8, 4) is 0 Å². The van der Waals surface area contributed by atoms with E-state index in [-0.39, 0.29) is 0 Å². The Labute approximate surface area is 35.1 Å². The van der Waals surface area contributed by atoms with Crippen LogP contribution in [0.3, 0.4) is 0 Å². The van der Waals surface area contributed by atoms with Crippen molar-refractivity contribution in [2.45, 2.75) is 0 Å². The molecule has 4 heavy (non-hydrogen) atoms. The van der Waals surface area contributed by atoms with Crippen molar-refractivity contribution in [3.05, 3.63) is 0 Å². The van der Waals surface area contributed by atoms with Gasteiger partial charge in [-0.1, -0.05) is 0 Å². The third-order valence-corrected chi connectivity index (χ3v) is 0.518. The van der Waals surface area contributed by atoms with E-state index < -0.39 is 15.7 Å². The van der Waals surface area contributed by atoms with Crippen LogP contribution in [0.1, 0.15) is 0 Å². The molecular formula is CHClORu. The van der Waals surface area contributed by atoms with Crippen LogP contribution in [-0.2, 0) is 20.5 Å². The van der Waals surface area contributed by atoms with Gasteiger partial charge in [-0.15, -0.1) is 0 Å². The maximum atomic E-state index is 8.97. The normalized spacial score (nSPS) is 6.25. The summed E-state index contributed by atoms with van der Waals surface area (Å²) in [6.07, 6.45) is 0. The van der Waals surface area contributed by atoms with Gasteiger partial charge in [0.2, 0.25) is 0 Å². The van der Waals surface area contributed by atoms with Crippen LogP contribution in [0.15, 0.2) is 0 Å². The SMILES string of the molecule is O=[C]=[RuH][Cl]. The summed E-state index contributed by atoms with van der Waals surface area (Å²) in [5.74, 6) is 0. The van der Waals surface area contributed by atoms with E-state index in [1.54, 1.807) is 4.47 Å². The van der Waals surface area contributed by atoms with Crippen LogP contribution in [0.25, 0.3) is 0 Å². The van der Waals surface area contributed by atoms with Gasteiger partial charge in [-0.05, 0) is 0 Å². The zero-order valence-corrected chi connectivity index (χ0v) is 4.28. The molecule has 0 aromatic rings. The summed E-state index contributed by atoms with van der Waals surface area (Å²) < 4.78 is 1.56. The number of halogens is 1. The van der Waals surface area contributed by atoms with Crippen LogP contribution in [0.4, 0.5) is 0 Å². The van der Waals surface area contributed by atoms with Gasteiger partial charge in [-0.2, -0.15) is 0 Å². The van der Waals surface area contributed by atoms with E-state index >= 15 is 0 Å². The van der Waals surface area contributed by atoms with Crippen molar-refractivity contribution in [1.29, 1.82) is 0 Å². The first-order valence-electron chi connectivity index (χ1n) is 0.536. The standard InChI is InChI=1S/CO.ClH.Ru.H/c1-2;;;/h;1H;;/q;;+1;/p-1. The van der Waals surface area contributed by atoms with Crippen molar-refractivity contribution in [3.63, 3.8) is 0 Å². The van der Waals surface area contributed by atoms with E-state index in [1.807, 2.05) is 0 Å². The molecule has 0 aliphatic carbocycles. The van der Waals surface area contributed by atoms with Gasteiger partial charge in [-0.3, -0.25) is 0 Å². The molecule has 0 aromatic heterocycles. The van der Waals surface area contributed by atoms with Gasteiger partial charge in [0.1, 0.15) is 0 Å². The van der Waals surface area contributed by atoms with Crippen LogP contribution in [-0.4, -0.2) is 4.47 Å². The van der Waals surface area contributed by atoms with Crippen LogP contribution >= 0.6 is 9.69 Å². The fourth-order valence-corrected chi connectivity index (χ4v) is 0. The zero-order valence-electron chi connectivity index (χ0n) is 1.66. The van der Waals surface area contributed by atoms with Gasteiger partial charge in [-0.25, -0.2) is 0 Å². The summed E-state index contributed by atoms with van der Waals surface area (Å²) in [6, 6.07) is 0. The summed E-state index contributed by atoms with van der Waals surface area (Å²) >= 11 is -0.723. The van der Waals surface area contributed by atoms with Crippen LogP contribution in [0.5, 0.6) is 0 Å². The molecule has 0 bridgehead atoms. The van der Waals surface area contributed by atoms with Gasteiger partial charge in [0.05, 0.1) is 0 Å². The Kier molecular flexibility index (Phi) is 3.92. The first kappa shape index (κ1) is 4.49. The molecule has 0 N–H and O–H groups in total. The van der Waals surface area contributed by atoms with Crippen molar-refractivity contribution in [2.24, 2.45) is 0 Å². The second-order valence-corrected chi connectivity index (χ2v) is 1.72. The van der Waals surface area contributed by atoms with Crippen molar-refractivity contribution in [2.75, 3.05) is 0 Å². The summed E-state index contributed by atoms with van der Waals surface area (Å²) in [7, 11) is 4.87. The second-order valence-electron chi connectivity index (χ2n) is 0.149. The second kappa shape index (κ2) is 3.49. The van der Waals surface area contributed by atoms with E-state index in [4.69, 9.17) is 14.5 Å².